The molecule has 0 aliphatic rings. The number of halogens is 1. The van der Waals surface area contributed by atoms with E-state index in [-0.39, 0.29) is 12.4 Å². The number of nitrogens with zero attached hydrogens (tertiary/aromatic N) is 2. The predicted octanol–water partition coefficient (Wildman–Crippen LogP) is 0.835. The van der Waals surface area contributed by atoms with Crippen molar-refractivity contribution in [2.75, 3.05) is 5.32 Å². The van der Waals surface area contributed by atoms with Gasteiger partial charge in [0.15, 0.2) is 0 Å². The van der Waals surface area contributed by atoms with E-state index in [4.69, 9.17) is 0 Å². The van der Waals surface area contributed by atoms with Crippen LogP contribution in [0.3, 0.4) is 0 Å². The summed E-state index contributed by atoms with van der Waals surface area (Å²) in [6, 6.07) is 7.64. The lowest BCUT2D eigenvalue weighted by Crippen LogP contribution is -2.37. The Labute approximate surface area is 108 Å². The normalized spacial score (nSPS) is 10.5. The van der Waals surface area contributed by atoms with Gasteiger partial charge in [0.05, 0.1) is 0 Å². The maximum Gasteiger partial charge on any atom is 0.332 e. The summed E-state index contributed by atoms with van der Waals surface area (Å²) in [6.07, 6.45) is 0. The van der Waals surface area contributed by atoms with E-state index in [1.807, 2.05) is 0 Å². The highest BCUT2D eigenvalue weighted by Gasteiger charge is 2.06. The molecular weight excluding hydrogens is 249 g/mol. The zero-order valence-electron chi connectivity index (χ0n) is 10.7. The minimum Gasteiger partial charge on any atom is -0.367 e. The summed E-state index contributed by atoms with van der Waals surface area (Å²) >= 11 is 0. The lowest BCUT2D eigenvalue weighted by atomic mass is 10.2. The van der Waals surface area contributed by atoms with Gasteiger partial charge >= 0.3 is 5.69 Å². The Balaban J connectivity index is 2.29. The Morgan fingerprint density at radius 1 is 1.16 bits per heavy atom. The van der Waals surface area contributed by atoms with E-state index in [2.05, 4.69) is 5.32 Å². The maximum absolute atomic E-state index is 13.4. The third kappa shape index (κ3) is 2.57. The maximum atomic E-state index is 13.4. The molecule has 6 heteroatoms. The van der Waals surface area contributed by atoms with Gasteiger partial charge in [-0.15, -0.1) is 0 Å². The summed E-state index contributed by atoms with van der Waals surface area (Å²) in [4.78, 5) is 23.2. The van der Waals surface area contributed by atoms with E-state index in [1.54, 1.807) is 25.2 Å². The summed E-state index contributed by atoms with van der Waals surface area (Å²) in [7, 11) is 2.96. The van der Waals surface area contributed by atoms with Gasteiger partial charge in [-0.05, 0) is 6.07 Å². The van der Waals surface area contributed by atoms with Crippen LogP contribution in [0.4, 0.5) is 10.2 Å². The zero-order chi connectivity index (χ0) is 14.0. The highest BCUT2D eigenvalue weighted by molar-refractivity contribution is 5.35. The van der Waals surface area contributed by atoms with Gasteiger partial charge in [-0.25, -0.2) is 9.18 Å². The van der Waals surface area contributed by atoms with E-state index in [9.17, 15) is 14.0 Å². The van der Waals surface area contributed by atoms with Crippen molar-refractivity contribution in [3.63, 3.8) is 0 Å². The number of hydrogen-bond acceptors (Lipinski definition) is 3. The van der Waals surface area contributed by atoms with E-state index in [0.29, 0.717) is 11.4 Å². The van der Waals surface area contributed by atoms with Crippen LogP contribution in [0, 0.1) is 5.82 Å². The fourth-order valence-corrected chi connectivity index (χ4v) is 1.73. The molecule has 0 radical (unpaired) electrons. The van der Waals surface area contributed by atoms with Gasteiger partial charge in [-0.2, -0.15) is 0 Å². The van der Waals surface area contributed by atoms with Crippen LogP contribution in [0.2, 0.25) is 0 Å². The quantitative estimate of drug-likeness (QED) is 0.892. The molecule has 2 aromatic rings. The lowest BCUT2D eigenvalue weighted by molar-refractivity contribution is 0.612. The molecule has 0 bridgehead atoms. The van der Waals surface area contributed by atoms with Crippen molar-refractivity contribution in [1.29, 1.82) is 0 Å². The smallest absolute Gasteiger partial charge is 0.332 e. The van der Waals surface area contributed by atoms with Gasteiger partial charge in [0.1, 0.15) is 11.6 Å². The van der Waals surface area contributed by atoms with E-state index in [0.717, 1.165) is 4.57 Å². The molecule has 1 N–H and O–H groups in total. The van der Waals surface area contributed by atoms with Crippen LogP contribution >= 0.6 is 0 Å². The van der Waals surface area contributed by atoms with Crippen molar-refractivity contribution in [2.24, 2.45) is 14.1 Å². The van der Waals surface area contributed by atoms with Crippen molar-refractivity contribution in [3.8, 4) is 0 Å². The Bertz CT molecular complexity index is 719. The Hall–Kier alpha value is -2.37. The SMILES string of the molecule is Cn1c(NCc2ccccc2F)cc(=O)n(C)c1=O. The Kier molecular flexibility index (Phi) is 3.50. The highest BCUT2D eigenvalue weighted by atomic mass is 19.1. The number of anilines is 1. The fourth-order valence-electron chi connectivity index (χ4n) is 1.73. The van der Waals surface area contributed by atoms with E-state index < -0.39 is 11.2 Å². The second kappa shape index (κ2) is 5.09. The first-order valence-corrected chi connectivity index (χ1v) is 5.75. The van der Waals surface area contributed by atoms with Crippen LogP contribution in [0.1, 0.15) is 5.56 Å². The fraction of sp³-hybridized carbons (Fsp3) is 0.231. The summed E-state index contributed by atoms with van der Waals surface area (Å²) in [5.41, 5.74) is -0.363. The first-order valence-electron chi connectivity index (χ1n) is 5.75. The van der Waals surface area contributed by atoms with Gasteiger partial charge in [-0.1, -0.05) is 18.2 Å². The second-order valence-corrected chi connectivity index (χ2v) is 4.21. The molecule has 2 rings (SSSR count). The monoisotopic (exact) mass is 263 g/mol. The molecule has 1 aromatic carbocycles. The molecule has 0 aliphatic heterocycles. The molecule has 0 fully saturated rings. The van der Waals surface area contributed by atoms with Crippen LogP contribution in [0.5, 0.6) is 0 Å². The molecule has 0 aliphatic carbocycles. The first-order chi connectivity index (χ1) is 9.00. The molecule has 0 saturated carbocycles. The average Bonchev–Trinajstić information content (AvgIpc) is 2.40. The average molecular weight is 263 g/mol. The molecule has 0 saturated heterocycles. The minimum absolute atomic E-state index is 0.202. The third-order valence-electron chi connectivity index (χ3n) is 2.94. The number of nitrogens with one attached hydrogen (secondary N) is 1. The van der Waals surface area contributed by atoms with Gasteiger partial charge < -0.3 is 5.32 Å². The first kappa shape index (κ1) is 13.1. The number of rotatable bonds is 3. The highest BCUT2D eigenvalue weighted by Crippen LogP contribution is 2.08. The van der Waals surface area contributed by atoms with Crippen molar-refractivity contribution in [2.45, 2.75) is 6.54 Å². The van der Waals surface area contributed by atoms with Crippen molar-refractivity contribution >= 4 is 5.82 Å². The molecule has 0 amide bonds. The molecular formula is C13H14FN3O2. The third-order valence-corrected chi connectivity index (χ3v) is 2.94. The lowest BCUT2D eigenvalue weighted by Gasteiger charge is -2.12. The van der Waals surface area contributed by atoms with Crippen LogP contribution < -0.4 is 16.6 Å². The van der Waals surface area contributed by atoms with Crippen molar-refractivity contribution < 1.29 is 4.39 Å². The number of aromatic nitrogens is 2. The number of benzene rings is 1. The molecule has 0 atom stereocenters. The Morgan fingerprint density at radius 2 is 1.84 bits per heavy atom. The van der Waals surface area contributed by atoms with Crippen LogP contribution in [0.15, 0.2) is 39.9 Å². The predicted molar refractivity (Wildman–Crippen MR) is 70.7 cm³/mol. The molecule has 5 nitrogen and oxygen atoms in total. The minimum atomic E-state index is -0.427. The van der Waals surface area contributed by atoms with E-state index >= 15 is 0 Å². The van der Waals surface area contributed by atoms with Gasteiger partial charge in [-0.3, -0.25) is 13.9 Å². The molecule has 100 valence electrons. The molecule has 1 aromatic heterocycles. The van der Waals surface area contributed by atoms with Gasteiger partial charge in [0.25, 0.3) is 5.56 Å². The summed E-state index contributed by atoms with van der Waals surface area (Å²) in [6.45, 7) is 0.202. The van der Waals surface area contributed by atoms with Gasteiger partial charge in [0.2, 0.25) is 0 Å². The molecule has 0 unspecified atom stereocenters. The molecule has 0 spiro atoms. The van der Waals surface area contributed by atoms with Crippen molar-refractivity contribution in [1.82, 2.24) is 9.13 Å². The largest absolute Gasteiger partial charge is 0.367 e. The topological polar surface area (TPSA) is 56.0 Å². The van der Waals surface area contributed by atoms with Crippen LogP contribution in [0.25, 0.3) is 0 Å². The van der Waals surface area contributed by atoms with Crippen LogP contribution in [-0.2, 0) is 20.6 Å². The van der Waals surface area contributed by atoms with Crippen molar-refractivity contribution in [3.05, 3.63) is 62.6 Å². The van der Waals surface area contributed by atoms with Crippen LogP contribution in [-0.4, -0.2) is 9.13 Å². The summed E-state index contributed by atoms with van der Waals surface area (Å²) < 4.78 is 15.8. The molecule has 19 heavy (non-hydrogen) atoms. The zero-order valence-corrected chi connectivity index (χ0v) is 10.7. The standard InChI is InChI=1S/C13H14FN3O2/c1-16-11(7-12(18)17(2)13(16)19)15-8-9-5-3-4-6-10(9)14/h3-7,15H,8H2,1-2H3. The summed E-state index contributed by atoms with van der Waals surface area (Å²) in [5.74, 6) is 0.0280. The Morgan fingerprint density at radius 3 is 2.53 bits per heavy atom. The molecule has 1 heterocycles. The second-order valence-electron chi connectivity index (χ2n) is 4.21. The summed E-state index contributed by atoms with van der Waals surface area (Å²) in [5, 5.41) is 2.89. The van der Waals surface area contributed by atoms with Gasteiger partial charge in [0, 0.05) is 32.3 Å². The van der Waals surface area contributed by atoms with E-state index in [1.165, 1.54) is 23.7 Å². The number of hydrogen-bond donors (Lipinski definition) is 1.